The van der Waals surface area contributed by atoms with Crippen molar-refractivity contribution in [3.05, 3.63) is 34.3 Å². The molecule has 18 heavy (non-hydrogen) atoms. The number of amides is 1. The van der Waals surface area contributed by atoms with Crippen molar-refractivity contribution in [2.75, 3.05) is 13.1 Å². The maximum Gasteiger partial charge on any atom is 0.416 e. The van der Waals surface area contributed by atoms with Gasteiger partial charge in [-0.15, -0.1) is 0 Å². The lowest BCUT2D eigenvalue weighted by Crippen LogP contribution is -2.53. The minimum atomic E-state index is -4.49. The molecule has 1 amide bonds. The molecule has 1 heterocycles. The normalized spacial score (nSPS) is 16.6. The molecule has 0 unspecified atom stereocenters. The number of nitrogens with zero attached hydrogens (tertiary/aromatic N) is 1. The summed E-state index contributed by atoms with van der Waals surface area (Å²) in [7, 11) is 0. The fourth-order valence-corrected chi connectivity index (χ4v) is 1.92. The molecule has 0 atom stereocenters. The minimum absolute atomic E-state index is 0.0107. The molecule has 1 aromatic carbocycles. The van der Waals surface area contributed by atoms with E-state index in [0.29, 0.717) is 0 Å². The lowest BCUT2D eigenvalue weighted by molar-refractivity contribution is -0.137. The zero-order valence-corrected chi connectivity index (χ0v) is 9.79. The Kier molecular flexibility index (Phi) is 3.25. The van der Waals surface area contributed by atoms with Crippen molar-refractivity contribution in [2.24, 2.45) is 0 Å². The predicted octanol–water partition coefficient (Wildman–Crippen LogP) is 2.18. The first-order valence-electron chi connectivity index (χ1n) is 5.13. The summed E-state index contributed by atoms with van der Waals surface area (Å²) in [4.78, 5) is 13.1. The Labute approximate surface area is 106 Å². The van der Waals surface area contributed by atoms with Crippen LogP contribution in [-0.2, 0) is 6.18 Å². The van der Waals surface area contributed by atoms with Crippen LogP contribution in [0, 0.1) is 0 Å². The highest BCUT2D eigenvalue weighted by Crippen LogP contribution is 2.32. The first-order valence-corrected chi connectivity index (χ1v) is 5.51. The summed E-state index contributed by atoms with van der Waals surface area (Å²) in [5, 5.41) is 8.82. The van der Waals surface area contributed by atoms with Gasteiger partial charge in [0, 0.05) is 13.1 Å². The van der Waals surface area contributed by atoms with E-state index in [0.717, 1.165) is 18.2 Å². The predicted molar refractivity (Wildman–Crippen MR) is 58.4 cm³/mol. The molecule has 1 aliphatic rings. The van der Waals surface area contributed by atoms with Gasteiger partial charge in [-0.3, -0.25) is 4.79 Å². The molecule has 0 aliphatic carbocycles. The summed E-state index contributed by atoms with van der Waals surface area (Å²) in [6, 6.07) is 2.60. The highest BCUT2D eigenvalue weighted by Gasteiger charge is 2.33. The van der Waals surface area contributed by atoms with Crippen LogP contribution in [-0.4, -0.2) is 35.1 Å². The van der Waals surface area contributed by atoms with Crippen LogP contribution >= 0.6 is 11.6 Å². The van der Waals surface area contributed by atoms with Gasteiger partial charge in [-0.05, 0) is 18.2 Å². The number of likely N-dealkylation sites (tertiary alicyclic amines) is 1. The van der Waals surface area contributed by atoms with E-state index in [1.807, 2.05) is 0 Å². The van der Waals surface area contributed by atoms with Crippen LogP contribution in [0.3, 0.4) is 0 Å². The van der Waals surface area contributed by atoms with Gasteiger partial charge in [0.1, 0.15) is 0 Å². The Morgan fingerprint density at radius 2 is 2.00 bits per heavy atom. The molecule has 0 saturated carbocycles. The van der Waals surface area contributed by atoms with Gasteiger partial charge < -0.3 is 10.0 Å². The van der Waals surface area contributed by atoms with Crippen LogP contribution in [0.25, 0.3) is 0 Å². The molecule has 1 saturated heterocycles. The van der Waals surface area contributed by atoms with Crippen molar-refractivity contribution in [3.63, 3.8) is 0 Å². The van der Waals surface area contributed by atoms with Gasteiger partial charge >= 0.3 is 6.18 Å². The maximum atomic E-state index is 12.4. The lowest BCUT2D eigenvalue weighted by Gasteiger charge is -2.36. The fourth-order valence-electron chi connectivity index (χ4n) is 1.66. The summed E-state index contributed by atoms with van der Waals surface area (Å²) < 4.78 is 37.2. The fraction of sp³-hybridized carbons (Fsp3) is 0.364. The van der Waals surface area contributed by atoms with Crippen molar-refractivity contribution in [2.45, 2.75) is 12.3 Å². The maximum absolute atomic E-state index is 12.4. The number of halogens is 4. The number of alkyl halides is 3. The van der Waals surface area contributed by atoms with E-state index in [9.17, 15) is 18.0 Å². The van der Waals surface area contributed by atoms with E-state index in [1.54, 1.807) is 0 Å². The van der Waals surface area contributed by atoms with Crippen molar-refractivity contribution >= 4 is 17.5 Å². The van der Waals surface area contributed by atoms with Gasteiger partial charge in [0.15, 0.2) is 0 Å². The number of hydrogen-bond acceptors (Lipinski definition) is 2. The summed E-state index contributed by atoms with van der Waals surface area (Å²) in [6.45, 7) is 0.354. The first kappa shape index (κ1) is 13.2. The molecular formula is C11H9ClF3NO2. The number of benzene rings is 1. The zero-order valence-electron chi connectivity index (χ0n) is 9.04. The van der Waals surface area contributed by atoms with Crippen LogP contribution in [0.2, 0.25) is 5.02 Å². The summed E-state index contributed by atoms with van der Waals surface area (Å²) in [5.41, 5.74) is -0.885. The minimum Gasteiger partial charge on any atom is -0.389 e. The van der Waals surface area contributed by atoms with Crippen molar-refractivity contribution in [3.8, 4) is 0 Å². The molecule has 3 nitrogen and oxygen atoms in total. The molecule has 1 aromatic rings. The average Bonchev–Trinajstić information content (AvgIpc) is 2.22. The number of β-amino-alcohol motifs (C(OH)–C–C–N with tert-alkyl or cyclic N) is 1. The molecule has 0 radical (unpaired) electrons. The Balaban J connectivity index is 2.22. The molecule has 1 fully saturated rings. The van der Waals surface area contributed by atoms with Gasteiger partial charge in [0.25, 0.3) is 5.91 Å². The van der Waals surface area contributed by atoms with Crippen LogP contribution in [0.4, 0.5) is 13.2 Å². The van der Waals surface area contributed by atoms with Crippen molar-refractivity contribution in [1.82, 2.24) is 4.90 Å². The molecule has 1 N–H and O–H groups in total. The second-order valence-electron chi connectivity index (χ2n) is 4.06. The molecule has 98 valence electrons. The lowest BCUT2D eigenvalue weighted by atomic mass is 10.1. The standard InChI is InChI=1S/C11H9ClF3NO2/c12-9-3-6(11(13,14)15)1-2-8(9)10(18)16-4-7(17)5-16/h1-3,7,17H,4-5H2. The number of carbonyl (C=O) groups is 1. The molecule has 0 spiro atoms. The monoisotopic (exact) mass is 279 g/mol. The third-order valence-electron chi connectivity index (χ3n) is 2.68. The third kappa shape index (κ3) is 2.44. The van der Waals surface area contributed by atoms with Crippen LogP contribution in [0.1, 0.15) is 15.9 Å². The van der Waals surface area contributed by atoms with Crippen molar-refractivity contribution in [1.29, 1.82) is 0 Å². The Morgan fingerprint density at radius 3 is 2.44 bits per heavy atom. The number of rotatable bonds is 1. The van der Waals surface area contributed by atoms with Gasteiger partial charge in [-0.2, -0.15) is 13.2 Å². The first-order chi connectivity index (χ1) is 8.29. The highest BCUT2D eigenvalue weighted by molar-refractivity contribution is 6.33. The van der Waals surface area contributed by atoms with Crippen LogP contribution < -0.4 is 0 Å². The quantitative estimate of drug-likeness (QED) is 0.856. The Bertz CT molecular complexity index is 484. The van der Waals surface area contributed by atoms with Crippen LogP contribution in [0.15, 0.2) is 18.2 Å². The van der Waals surface area contributed by atoms with E-state index >= 15 is 0 Å². The number of hydrogen-bond donors (Lipinski definition) is 1. The molecular weight excluding hydrogens is 271 g/mol. The summed E-state index contributed by atoms with van der Waals surface area (Å²) in [6.07, 6.45) is -5.06. The van der Waals surface area contributed by atoms with E-state index < -0.39 is 23.8 Å². The number of aliphatic hydroxyl groups is 1. The summed E-state index contributed by atoms with van der Waals surface area (Å²) in [5.74, 6) is -0.473. The van der Waals surface area contributed by atoms with E-state index in [1.165, 1.54) is 4.90 Å². The molecule has 2 rings (SSSR count). The topological polar surface area (TPSA) is 40.5 Å². The van der Waals surface area contributed by atoms with Gasteiger partial charge in [0.2, 0.25) is 0 Å². The number of carbonyl (C=O) groups excluding carboxylic acids is 1. The SMILES string of the molecule is O=C(c1ccc(C(F)(F)F)cc1Cl)N1CC(O)C1. The summed E-state index contributed by atoms with van der Waals surface area (Å²) >= 11 is 5.68. The van der Waals surface area contributed by atoms with Gasteiger partial charge in [0.05, 0.1) is 22.3 Å². The second-order valence-corrected chi connectivity index (χ2v) is 4.46. The zero-order chi connectivity index (χ0) is 13.5. The highest BCUT2D eigenvalue weighted by atomic mass is 35.5. The van der Waals surface area contributed by atoms with E-state index in [4.69, 9.17) is 16.7 Å². The molecule has 7 heteroatoms. The van der Waals surface area contributed by atoms with E-state index in [2.05, 4.69) is 0 Å². The van der Waals surface area contributed by atoms with Crippen molar-refractivity contribution < 1.29 is 23.1 Å². The molecule has 0 bridgehead atoms. The average molecular weight is 280 g/mol. The van der Waals surface area contributed by atoms with Crippen LogP contribution in [0.5, 0.6) is 0 Å². The van der Waals surface area contributed by atoms with Gasteiger partial charge in [-0.1, -0.05) is 11.6 Å². The molecule has 0 aromatic heterocycles. The Hall–Kier alpha value is -1.27. The van der Waals surface area contributed by atoms with E-state index in [-0.39, 0.29) is 23.7 Å². The largest absolute Gasteiger partial charge is 0.416 e. The number of aliphatic hydroxyl groups excluding tert-OH is 1. The Morgan fingerprint density at radius 1 is 1.39 bits per heavy atom. The third-order valence-corrected chi connectivity index (χ3v) is 2.99. The smallest absolute Gasteiger partial charge is 0.389 e. The molecule has 1 aliphatic heterocycles. The van der Waals surface area contributed by atoms with Gasteiger partial charge in [-0.25, -0.2) is 0 Å². The second kappa shape index (κ2) is 4.44.